The first-order valence-electron chi connectivity index (χ1n) is 13.6. The third-order valence-electron chi connectivity index (χ3n) is 8.25. The second kappa shape index (κ2) is 11.0. The molecule has 1 saturated heterocycles. The monoisotopic (exact) mass is 557 g/mol. The predicted molar refractivity (Wildman–Crippen MR) is 150 cm³/mol. The van der Waals surface area contributed by atoms with Gasteiger partial charge in [-0.15, -0.1) is 0 Å². The molecule has 3 aromatic carbocycles. The molecule has 40 heavy (non-hydrogen) atoms. The van der Waals surface area contributed by atoms with Crippen molar-refractivity contribution in [3.05, 3.63) is 102 Å². The zero-order valence-electron chi connectivity index (χ0n) is 21.8. The lowest BCUT2D eigenvalue weighted by Gasteiger charge is -2.18. The van der Waals surface area contributed by atoms with Gasteiger partial charge in [0.1, 0.15) is 0 Å². The Labute approximate surface area is 235 Å². The van der Waals surface area contributed by atoms with E-state index in [1.807, 2.05) is 36.4 Å². The lowest BCUT2D eigenvalue weighted by atomic mass is 9.94. The van der Waals surface area contributed by atoms with E-state index < -0.39 is 22.9 Å². The van der Waals surface area contributed by atoms with Crippen LogP contribution in [0.25, 0.3) is 0 Å². The van der Waals surface area contributed by atoms with Crippen molar-refractivity contribution in [2.45, 2.75) is 41.7 Å². The Morgan fingerprint density at radius 2 is 1.23 bits per heavy atom. The first-order chi connectivity index (χ1) is 19.4. The van der Waals surface area contributed by atoms with Gasteiger partial charge in [0.15, 0.2) is 11.1 Å². The Bertz CT molecular complexity index is 1370. The fraction of sp³-hybridized carbons (Fsp3) is 0.323. The van der Waals surface area contributed by atoms with Crippen LogP contribution in [0.15, 0.2) is 89.8 Å². The molecule has 0 radical (unpaired) electrons. The number of nitrogens with one attached hydrogen (secondary N) is 2. The Balaban J connectivity index is 1.17. The lowest BCUT2D eigenvalue weighted by Crippen LogP contribution is -2.43. The number of carbonyl (C=O) groups excluding carboxylic acids is 3. The normalized spacial score (nSPS) is 27.5. The third-order valence-corrected chi connectivity index (χ3v) is 8.91. The van der Waals surface area contributed by atoms with Crippen LogP contribution in [-0.2, 0) is 20.7 Å². The quantitative estimate of drug-likeness (QED) is 0.368. The summed E-state index contributed by atoms with van der Waals surface area (Å²) in [6.07, 6.45) is 1.68. The van der Waals surface area contributed by atoms with Crippen molar-refractivity contribution in [2.75, 3.05) is 13.1 Å². The predicted octanol–water partition coefficient (Wildman–Crippen LogP) is 3.30. The van der Waals surface area contributed by atoms with Gasteiger partial charge in [0.2, 0.25) is 11.8 Å². The van der Waals surface area contributed by atoms with Gasteiger partial charge in [-0.2, -0.15) is 0 Å². The number of hydrogen-bond donors (Lipinski definition) is 3. The molecule has 3 N–H and O–H groups in total. The van der Waals surface area contributed by atoms with Gasteiger partial charge in [0.05, 0.1) is 16.7 Å². The van der Waals surface area contributed by atoms with Crippen LogP contribution in [0.1, 0.15) is 46.2 Å². The van der Waals surface area contributed by atoms with Crippen molar-refractivity contribution in [3.63, 3.8) is 0 Å². The standard InChI is InChI=1S/C31H31N3O5S/c35-29(32-27-15-23(27)19-8-3-1-4-9-19)25-17-34(31(37)21-12-7-13-22(14-21)40(38)39)18-26(25)30(36)33-28-16-24(28)20-10-5-2-6-11-20/h1-14,23-28H,15-18H2,(H,32,35)(H,33,36)(H,38,39)/t23-,24-,25-,26-,27+,28+/m1/s1. The van der Waals surface area contributed by atoms with Gasteiger partial charge >= 0.3 is 0 Å². The van der Waals surface area contributed by atoms with E-state index in [1.54, 1.807) is 12.1 Å². The summed E-state index contributed by atoms with van der Waals surface area (Å²) in [6.45, 7) is 0.204. The highest BCUT2D eigenvalue weighted by atomic mass is 32.2. The molecule has 206 valence electrons. The van der Waals surface area contributed by atoms with Gasteiger partial charge in [-0.1, -0.05) is 66.7 Å². The molecule has 9 heteroatoms. The summed E-state index contributed by atoms with van der Waals surface area (Å²) in [6, 6.07) is 26.0. The van der Waals surface area contributed by atoms with E-state index in [4.69, 9.17) is 0 Å². The number of hydrogen-bond acceptors (Lipinski definition) is 4. The maximum absolute atomic E-state index is 13.5. The fourth-order valence-corrected chi connectivity index (χ4v) is 6.27. The minimum Gasteiger partial charge on any atom is -0.352 e. The van der Waals surface area contributed by atoms with E-state index in [-0.39, 0.29) is 65.2 Å². The van der Waals surface area contributed by atoms with E-state index in [1.165, 1.54) is 28.2 Å². The molecular weight excluding hydrogens is 526 g/mol. The molecule has 1 heterocycles. The van der Waals surface area contributed by atoms with Crippen molar-refractivity contribution in [1.29, 1.82) is 0 Å². The summed E-state index contributed by atoms with van der Waals surface area (Å²) in [5, 5.41) is 6.25. The summed E-state index contributed by atoms with van der Waals surface area (Å²) in [5.74, 6) is -1.70. The SMILES string of the molecule is O=C(N[C@H]1C[C@@H]1c1ccccc1)[C@@H]1CN(C(=O)c2cccc(S(=O)O)c2)C[C@H]1C(=O)N[C@H]1C[C@@H]1c1ccccc1. The number of amides is 3. The summed E-state index contributed by atoms with van der Waals surface area (Å²) in [4.78, 5) is 42.1. The van der Waals surface area contributed by atoms with Crippen LogP contribution in [0.5, 0.6) is 0 Å². The number of benzene rings is 3. The summed E-state index contributed by atoms with van der Waals surface area (Å²) >= 11 is -2.22. The van der Waals surface area contributed by atoms with Crippen molar-refractivity contribution < 1.29 is 23.1 Å². The number of likely N-dealkylation sites (tertiary alicyclic amines) is 1. The van der Waals surface area contributed by atoms with Crippen LogP contribution >= 0.6 is 0 Å². The highest BCUT2D eigenvalue weighted by Crippen LogP contribution is 2.42. The van der Waals surface area contributed by atoms with Gasteiger partial charge in [-0.05, 0) is 42.2 Å². The minimum absolute atomic E-state index is 0.00507. The number of nitrogens with zero attached hydrogens (tertiary/aromatic N) is 1. The molecule has 6 rings (SSSR count). The molecule has 3 aliphatic rings. The number of rotatable bonds is 8. The fourth-order valence-electron chi connectivity index (χ4n) is 5.85. The largest absolute Gasteiger partial charge is 0.352 e. The first kappa shape index (κ1) is 26.4. The summed E-state index contributed by atoms with van der Waals surface area (Å²) in [5.41, 5.74) is 2.59. The Kier molecular flexibility index (Phi) is 7.25. The van der Waals surface area contributed by atoms with E-state index in [0.717, 1.165) is 12.8 Å². The molecule has 0 bridgehead atoms. The van der Waals surface area contributed by atoms with E-state index in [9.17, 15) is 23.1 Å². The first-order valence-corrected chi connectivity index (χ1v) is 14.7. The Hall–Kier alpha value is -3.82. The molecule has 1 unspecified atom stereocenters. The average Bonchev–Trinajstić information content (AvgIpc) is 3.88. The topological polar surface area (TPSA) is 116 Å². The maximum atomic E-state index is 13.5. The van der Waals surface area contributed by atoms with Crippen molar-refractivity contribution in [1.82, 2.24) is 15.5 Å². The van der Waals surface area contributed by atoms with Gasteiger partial charge in [-0.3, -0.25) is 14.4 Å². The highest BCUT2D eigenvalue weighted by molar-refractivity contribution is 7.79. The second-order valence-corrected chi connectivity index (χ2v) is 11.9. The molecule has 7 atom stereocenters. The van der Waals surface area contributed by atoms with Crippen LogP contribution in [0.3, 0.4) is 0 Å². The Morgan fingerprint density at radius 1 is 0.725 bits per heavy atom. The zero-order chi connectivity index (χ0) is 27.8. The molecule has 2 saturated carbocycles. The van der Waals surface area contributed by atoms with E-state index >= 15 is 0 Å². The number of carbonyl (C=O) groups is 3. The van der Waals surface area contributed by atoms with Crippen LogP contribution in [0.2, 0.25) is 0 Å². The molecule has 0 aromatic heterocycles. The average molecular weight is 558 g/mol. The summed E-state index contributed by atoms with van der Waals surface area (Å²) in [7, 11) is 0. The van der Waals surface area contributed by atoms with Crippen LogP contribution in [-0.4, -0.2) is 56.6 Å². The maximum Gasteiger partial charge on any atom is 0.253 e. The molecule has 8 nitrogen and oxygen atoms in total. The third kappa shape index (κ3) is 5.57. The second-order valence-electron chi connectivity index (χ2n) is 10.9. The molecule has 1 aliphatic heterocycles. The molecule has 3 aromatic rings. The van der Waals surface area contributed by atoms with Crippen LogP contribution in [0, 0.1) is 11.8 Å². The summed E-state index contributed by atoms with van der Waals surface area (Å²) < 4.78 is 21.0. The van der Waals surface area contributed by atoms with Gasteiger partial charge in [0, 0.05) is 42.6 Å². The lowest BCUT2D eigenvalue weighted by molar-refractivity contribution is -0.133. The molecule has 3 fully saturated rings. The van der Waals surface area contributed by atoms with Crippen molar-refractivity contribution in [2.24, 2.45) is 11.8 Å². The molecular formula is C31H31N3O5S. The van der Waals surface area contributed by atoms with Crippen LogP contribution in [0.4, 0.5) is 0 Å². The van der Waals surface area contributed by atoms with Gasteiger partial charge < -0.3 is 20.1 Å². The Morgan fingerprint density at radius 3 is 1.70 bits per heavy atom. The van der Waals surface area contributed by atoms with Gasteiger partial charge in [0.25, 0.3) is 5.91 Å². The molecule has 3 amide bonds. The zero-order valence-corrected chi connectivity index (χ0v) is 22.6. The molecule has 0 spiro atoms. The highest BCUT2D eigenvalue weighted by Gasteiger charge is 2.48. The van der Waals surface area contributed by atoms with Crippen molar-refractivity contribution >= 4 is 28.8 Å². The smallest absolute Gasteiger partial charge is 0.253 e. The minimum atomic E-state index is -2.22. The van der Waals surface area contributed by atoms with Crippen LogP contribution < -0.4 is 10.6 Å². The van der Waals surface area contributed by atoms with E-state index in [0.29, 0.717) is 0 Å². The van der Waals surface area contributed by atoms with E-state index in [2.05, 4.69) is 34.9 Å². The van der Waals surface area contributed by atoms with Gasteiger partial charge in [-0.25, -0.2) is 4.21 Å². The molecule has 2 aliphatic carbocycles. The van der Waals surface area contributed by atoms with Crippen molar-refractivity contribution in [3.8, 4) is 0 Å².